The van der Waals surface area contributed by atoms with E-state index in [1.807, 2.05) is 6.92 Å². The van der Waals surface area contributed by atoms with Gasteiger partial charge in [-0.05, 0) is 31.0 Å². The smallest absolute Gasteiger partial charge is 0.169 e. The van der Waals surface area contributed by atoms with Crippen molar-refractivity contribution in [1.29, 1.82) is 0 Å². The summed E-state index contributed by atoms with van der Waals surface area (Å²) in [7, 11) is 0. The summed E-state index contributed by atoms with van der Waals surface area (Å²) in [6.45, 7) is 3.04. The molecule has 0 bridgehead atoms. The van der Waals surface area contributed by atoms with Gasteiger partial charge in [-0.1, -0.05) is 6.92 Å². The quantitative estimate of drug-likeness (QED) is 0.646. The first-order valence-corrected chi connectivity index (χ1v) is 4.05. The van der Waals surface area contributed by atoms with Crippen molar-refractivity contribution < 1.29 is 13.6 Å². The molecule has 0 unspecified atom stereocenters. The summed E-state index contributed by atoms with van der Waals surface area (Å²) in [4.78, 5) is 10.9. The summed E-state index contributed by atoms with van der Waals surface area (Å²) in [5, 5.41) is 0. The van der Waals surface area contributed by atoms with Crippen LogP contribution in [0.4, 0.5) is 8.78 Å². The Hall–Kier alpha value is -1.25. The van der Waals surface area contributed by atoms with Gasteiger partial charge in [0.25, 0.3) is 0 Å². The lowest BCUT2D eigenvalue weighted by atomic mass is 10.1. The number of carbonyl (C=O) groups excluding carboxylic acids is 1. The van der Waals surface area contributed by atoms with E-state index >= 15 is 0 Å². The van der Waals surface area contributed by atoms with Gasteiger partial charge in [0.05, 0.1) is 5.56 Å². The van der Waals surface area contributed by atoms with Crippen molar-refractivity contribution in [3.05, 3.63) is 34.9 Å². The van der Waals surface area contributed by atoms with Crippen molar-refractivity contribution in [2.45, 2.75) is 20.3 Å². The van der Waals surface area contributed by atoms with Crippen molar-refractivity contribution in [2.75, 3.05) is 0 Å². The van der Waals surface area contributed by atoms with Crippen LogP contribution in [0.5, 0.6) is 0 Å². The predicted molar refractivity (Wildman–Crippen MR) is 45.7 cm³/mol. The summed E-state index contributed by atoms with van der Waals surface area (Å²) in [5.41, 5.74) is 0.459. The lowest BCUT2D eigenvalue weighted by Crippen LogP contribution is -2.01. The van der Waals surface area contributed by atoms with Gasteiger partial charge in [0.1, 0.15) is 0 Å². The van der Waals surface area contributed by atoms with E-state index in [0.717, 1.165) is 6.07 Å². The molecule has 0 aliphatic carbocycles. The molecular formula is C10H10F2O. The number of ketones is 1. The average Bonchev–Trinajstić information content (AvgIpc) is 2.09. The Morgan fingerprint density at radius 3 is 2.46 bits per heavy atom. The maximum absolute atomic E-state index is 13.0. The minimum Gasteiger partial charge on any atom is -0.294 e. The molecular weight excluding hydrogens is 174 g/mol. The molecule has 13 heavy (non-hydrogen) atoms. The van der Waals surface area contributed by atoms with E-state index < -0.39 is 17.4 Å². The minimum atomic E-state index is -1.05. The molecule has 0 fully saturated rings. The molecule has 0 aromatic heterocycles. The van der Waals surface area contributed by atoms with E-state index in [2.05, 4.69) is 0 Å². The number of hydrogen-bond acceptors (Lipinski definition) is 1. The van der Waals surface area contributed by atoms with E-state index in [4.69, 9.17) is 0 Å². The minimum absolute atomic E-state index is 0.170. The van der Waals surface area contributed by atoms with Crippen molar-refractivity contribution in [2.24, 2.45) is 0 Å². The molecule has 0 N–H and O–H groups in total. The molecule has 0 atom stereocenters. The fraction of sp³-hybridized carbons (Fsp3) is 0.300. The number of benzene rings is 1. The second kappa shape index (κ2) is 3.64. The fourth-order valence-electron chi connectivity index (χ4n) is 1.11. The van der Waals surface area contributed by atoms with Gasteiger partial charge >= 0.3 is 0 Å². The van der Waals surface area contributed by atoms with Crippen molar-refractivity contribution in [3.8, 4) is 0 Å². The summed E-state index contributed by atoms with van der Waals surface area (Å²) < 4.78 is 25.8. The zero-order valence-electron chi connectivity index (χ0n) is 7.53. The average molecular weight is 184 g/mol. The van der Waals surface area contributed by atoms with Gasteiger partial charge in [-0.25, -0.2) is 8.78 Å². The van der Waals surface area contributed by atoms with E-state index in [1.165, 1.54) is 13.0 Å². The Morgan fingerprint density at radius 1 is 1.38 bits per heavy atom. The molecule has 3 heteroatoms. The Morgan fingerprint density at radius 2 is 2.00 bits per heavy atom. The number of Topliss-reactive ketones (excluding diaryl/α,β-unsaturated/α-hetero) is 1. The third-order valence-electron chi connectivity index (χ3n) is 1.88. The highest BCUT2D eigenvalue weighted by Gasteiger charge is 2.13. The lowest BCUT2D eigenvalue weighted by molar-refractivity contribution is 0.101. The van der Waals surface area contributed by atoms with E-state index in [1.54, 1.807) is 0 Å². The molecule has 0 amide bonds. The standard InChI is InChI=1S/C10H10F2O/c1-3-7-4-8(6(2)13)10(12)9(11)5-7/h4-5H,3H2,1-2H3. The number of aryl methyl sites for hydroxylation is 1. The van der Waals surface area contributed by atoms with Crippen LogP contribution in [0.1, 0.15) is 29.8 Å². The van der Waals surface area contributed by atoms with Crippen LogP contribution >= 0.6 is 0 Å². The van der Waals surface area contributed by atoms with Crippen molar-refractivity contribution in [3.63, 3.8) is 0 Å². The van der Waals surface area contributed by atoms with Crippen LogP contribution in [-0.2, 0) is 6.42 Å². The van der Waals surface area contributed by atoms with Gasteiger partial charge in [0.15, 0.2) is 17.4 Å². The molecule has 0 heterocycles. The summed E-state index contributed by atoms with van der Waals surface area (Å²) in [6.07, 6.45) is 0.581. The number of halogens is 2. The van der Waals surface area contributed by atoms with Gasteiger partial charge in [-0.3, -0.25) is 4.79 Å². The van der Waals surface area contributed by atoms with E-state index in [9.17, 15) is 13.6 Å². The lowest BCUT2D eigenvalue weighted by Gasteiger charge is -2.03. The van der Waals surface area contributed by atoms with Gasteiger partial charge in [0.2, 0.25) is 0 Å². The van der Waals surface area contributed by atoms with Crippen LogP contribution in [0.3, 0.4) is 0 Å². The van der Waals surface area contributed by atoms with Gasteiger partial charge in [-0.15, -0.1) is 0 Å². The normalized spacial score (nSPS) is 10.2. The van der Waals surface area contributed by atoms with Crippen LogP contribution in [0.2, 0.25) is 0 Å². The second-order valence-corrected chi connectivity index (χ2v) is 2.85. The molecule has 70 valence electrons. The molecule has 1 aromatic rings. The highest BCUT2D eigenvalue weighted by molar-refractivity contribution is 5.94. The zero-order chi connectivity index (χ0) is 10.0. The Bertz CT molecular complexity index is 345. The maximum Gasteiger partial charge on any atom is 0.169 e. The monoisotopic (exact) mass is 184 g/mol. The van der Waals surface area contributed by atoms with Crippen LogP contribution in [-0.4, -0.2) is 5.78 Å². The highest BCUT2D eigenvalue weighted by Crippen LogP contribution is 2.15. The van der Waals surface area contributed by atoms with Gasteiger partial charge in [0, 0.05) is 0 Å². The van der Waals surface area contributed by atoms with E-state index in [0.29, 0.717) is 12.0 Å². The predicted octanol–water partition coefficient (Wildman–Crippen LogP) is 2.73. The molecule has 0 saturated carbocycles. The highest BCUT2D eigenvalue weighted by atomic mass is 19.2. The first kappa shape index (κ1) is 9.84. The number of carbonyl (C=O) groups is 1. The molecule has 0 spiro atoms. The van der Waals surface area contributed by atoms with Crippen LogP contribution in [0, 0.1) is 11.6 Å². The molecule has 0 saturated heterocycles. The van der Waals surface area contributed by atoms with Gasteiger partial charge < -0.3 is 0 Å². The number of hydrogen-bond donors (Lipinski definition) is 0. The van der Waals surface area contributed by atoms with Crippen molar-refractivity contribution in [1.82, 2.24) is 0 Å². The maximum atomic E-state index is 13.0. The molecule has 0 aliphatic heterocycles. The number of rotatable bonds is 2. The first-order valence-electron chi connectivity index (χ1n) is 4.05. The van der Waals surface area contributed by atoms with Crippen LogP contribution in [0.25, 0.3) is 0 Å². The third kappa shape index (κ3) is 1.91. The molecule has 0 radical (unpaired) electrons. The summed E-state index contributed by atoms with van der Waals surface area (Å²) >= 11 is 0. The zero-order valence-corrected chi connectivity index (χ0v) is 7.53. The summed E-state index contributed by atoms with van der Waals surface area (Å²) in [6, 6.07) is 2.50. The third-order valence-corrected chi connectivity index (χ3v) is 1.88. The molecule has 0 aliphatic rings. The Labute approximate surface area is 75.4 Å². The van der Waals surface area contributed by atoms with Crippen molar-refractivity contribution >= 4 is 5.78 Å². The van der Waals surface area contributed by atoms with Crippen LogP contribution < -0.4 is 0 Å². The molecule has 1 aromatic carbocycles. The molecule has 1 nitrogen and oxygen atoms in total. The van der Waals surface area contributed by atoms with E-state index in [-0.39, 0.29) is 5.56 Å². The first-order chi connectivity index (χ1) is 6.06. The van der Waals surface area contributed by atoms with Crippen LogP contribution in [0.15, 0.2) is 12.1 Å². The summed E-state index contributed by atoms with van der Waals surface area (Å²) in [5.74, 6) is -2.46. The topological polar surface area (TPSA) is 17.1 Å². The van der Waals surface area contributed by atoms with Gasteiger partial charge in [-0.2, -0.15) is 0 Å². The second-order valence-electron chi connectivity index (χ2n) is 2.85. The SMILES string of the molecule is CCc1cc(F)c(F)c(C(C)=O)c1. The Balaban J connectivity index is 3.33. The largest absolute Gasteiger partial charge is 0.294 e. The Kier molecular flexibility index (Phi) is 2.76. The fourth-order valence-corrected chi connectivity index (χ4v) is 1.11. The molecule has 1 rings (SSSR count).